The molecule has 0 aliphatic rings. The smallest absolute Gasteiger partial charge is 0.0317 e. The van der Waals surface area contributed by atoms with Gasteiger partial charge in [-0.3, -0.25) is 0 Å². The van der Waals surface area contributed by atoms with E-state index in [2.05, 4.69) is 46.5 Å². The first-order valence-corrected chi connectivity index (χ1v) is 6.22. The molecule has 0 amide bonds. The van der Waals surface area contributed by atoms with E-state index < -0.39 is 0 Å². The van der Waals surface area contributed by atoms with Crippen molar-refractivity contribution in [1.82, 2.24) is 5.32 Å². The molecule has 0 saturated heterocycles. The molecule has 0 spiro atoms. The molecule has 3 heteroatoms. The van der Waals surface area contributed by atoms with Crippen molar-refractivity contribution in [2.24, 2.45) is 0 Å². The van der Waals surface area contributed by atoms with Crippen LogP contribution in [0.2, 0.25) is 0 Å². The van der Waals surface area contributed by atoms with E-state index in [0.717, 1.165) is 0 Å². The lowest BCUT2D eigenvalue weighted by molar-refractivity contribution is 0.519. The van der Waals surface area contributed by atoms with E-state index in [9.17, 15) is 0 Å². The molecule has 1 heterocycles. The van der Waals surface area contributed by atoms with Gasteiger partial charge in [-0.25, -0.2) is 0 Å². The van der Waals surface area contributed by atoms with Crippen LogP contribution in [-0.4, -0.2) is 13.1 Å². The number of thiophene rings is 1. The third-order valence-corrected chi connectivity index (χ3v) is 4.39. The first-order valence-electron chi connectivity index (χ1n) is 4.55. The first kappa shape index (κ1) is 11.2. The van der Waals surface area contributed by atoms with Gasteiger partial charge in [0, 0.05) is 15.4 Å². The first-order chi connectivity index (χ1) is 6.15. The Morgan fingerprint density at radius 1 is 1.54 bits per heavy atom. The van der Waals surface area contributed by atoms with Crippen molar-refractivity contribution in [2.75, 3.05) is 7.05 Å². The summed E-state index contributed by atoms with van der Waals surface area (Å²) in [6.45, 7) is 4.50. The average molecular weight is 262 g/mol. The molecule has 0 aromatic carbocycles. The maximum Gasteiger partial charge on any atom is 0.0317 e. The van der Waals surface area contributed by atoms with Crippen LogP contribution in [0.3, 0.4) is 0 Å². The molecule has 1 N–H and O–H groups in total. The second kappa shape index (κ2) is 5.13. The van der Waals surface area contributed by atoms with Gasteiger partial charge in [-0.05, 0) is 53.7 Å². The fourth-order valence-electron chi connectivity index (χ4n) is 1.41. The van der Waals surface area contributed by atoms with Crippen LogP contribution in [0.1, 0.15) is 31.1 Å². The zero-order valence-corrected chi connectivity index (χ0v) is 10.7. The van der Waals surface area contributed by atoms with Gasteiger partial charge in [0.15, 0.2) is 0 Å². The van der Waals surface area contributed by atoms with Crippen molar-refractivity contribution >= 4 is 27.3 Å². The molecule has 0 bridgehead atoms. The standard InChI is InChI=1S/C10H16BrNS/c1-7(6-8(2)12-3)10-9(11)4-5-13-10/h4-5,7-8,12H,6H2,1-3H3. The zero-order chi connectivity index (χ0) is 9.84. The summed E-state index contributed by atoms with van der Waals surface area (Å²) in [7, 11) is 2.01. The summed E-state index contributed by atoms with van der Waals surface area (Å²) < 4.78 is 1.26. The van der Waals surface area contributed by atoms with Crippen LogP contribution in [-0.2, 0) is 0 Å². The average Bonchev–Trinajstić information content (AvgIpc) is 2.51. The molecule has 1 nitrogen and oxygen atoms in total. The highest BCUT2D eigenvalue weighted by Gasteiger charge is 2.13. The summed E-state index contributed by atoms with van der Waals surface area (Å²) in [6, 6.07) is 2.71. The highest BCUT2D eigenvalue weighted by atomic mass is 79.9. The number of rotatable bonds is 4. The van der Waals surface area contributed by atoms with Gasteiger partial charge in [-0.2, -0.15) is 0 Å². The van der Waals surface area contributed by atoms with Crippen molar-refractivity contribution in [3.05, 3.63) is 20.8 Å². The highest BCUT2D eigenvalue weighted by molar-refractivity contribution is 9.10. The summed E-state index contributed by atoms with van der Waals surface area (Å²) in [4.78, 5) is 1.46. The third-order valence-electron chi connectivity index (χ3n) is 2.29. The molecule has 0 radical (unpaired) electrons. The number of hydrogen-bond acceptors (Lipinski definition) is 2. The highest BCUT2D eigenvalue weighted by Crippen LogP contribution is 2.32. The Hall–Kier alpha value is 0.140. The summed E-state index contributed by atoms with van der Waals surface area (Å²) in [5.74, 6) is 0.636. The van der Waals surface area contributed by atoms with Gasteiger partial charge < -0.3 is 5.32 Å². The van der Waals surface area contributed by atoms with Crippen molar-refractivity contribution < 1.29 is 0 Å². The van der Waals surface area contributed by atoms with Crippen LogP contribution in [0.4, 0.5) is 0 Å². The fourth-order valence-corrected chi connectivity index (χ4v) is 3.25. The Morgan fingerprint density at radius 2 is 2.23 bits per heavy atom. The Balaban J connectivity index is 2.58. The zero-order valence-electron chi connectivity index (χ0n) is 8.30. The van der Waals surface area contributed by atoms with Crippen LogP contribution in [0.25, 0.3) is 0 Å². The van der Waals surface area contributed by atoms with Crippen LogP contribution in [0.15, 0.2) is 15.9 Å². The topological polar surface area (TPSA) is 12.0 Å². The Bertz CT molecular complexity index is 259. The molecule has 74 valence electrons. The van der Waals surface area contributed by atoms with E-state index in [0.29, 0.717) is 12.0 Å². The Morgan fingerprint density at radius 3 is 2.69 bits per heavy atom. The number of hydrogen-bond donors (Lipinski definition) is 1. The fraction of sp³-hybridized carbons (Fsp3) is 0.600. The van der Waals surface area contributed by atoms with Crippen molar-refractivity contribution in [2.45, 2.75) is 32.2 Å². The second-order valence-corrected chi connectivity index (χ2v) is 5.26. The van der Waals surface area contributed by atoms with Crippen LogP contribution >= 0.6 is 27.3 Å². The monoisotopic (exact) mass is 261 g/mol. The van der Waals surface area contributed by atoms with Gasteiger partial charge in [0.25, 0.3) is 0 Å². The summed E-state index contributed by atoms with van der Waals surface area (Å²) >= 11 is 5.40. The van der Waals surface area contributed by atoms with Gasteiger partial charge in [0.05, 0.1) is 0 Å². The minimum Gasteiger partial charge on any atom is -0.317 e. The van der Waals surface area contributed by atoms with Gasteiger partial charge >= 0.3 is 0 Å². The lowest BCUT2D eigenvalue weighted by Crippen LogP contribution is -2.22. The van der Waals surface area contributed by atoms with E-state index in [1.165, 1.54) is 15.8 Å². The predicted molar refractivity (Wildman–Crippen MR) is 63.6 cm³/mol. The largest absolute Gasteiger partial charge is 0.317 e. The van der Waals surface area contributed by atoms with E-state index in [1.807, 2.05) is 18.4 Å². The molecule has 0 aliphatic heterocycles. The number of nitrogens with one attached hydrogen (secondary N) is 1. The lowest BCUT2D eigenvalue weighted by Gasteiger charge is -2.15. The third kappa shape index (κ3) is 3.08. The molecule has 0 saturated carbocycles. The van der Waals surface area contributed by atoms with E-state index in [1.54, 1.807) is 0 Å². The molecule has 13 heavy (non-hydrogen) atoms. The molecule has 0 aliphatic carbocycles. The summed E-state index contributed by atoms with van der Waals surface area (Å²) in [5.41, 5.74) is 0. The van der Waals surface area contributed by atoms with E-state index >= 15 is 0 Å². The molecule has 0 fully saturated rings. The Kier molecular flexibility index (Phi) is 4.42. The second-order valence-electron chi connectivity index (χ2n) is 3.46. The molecule has 1 aromatic heterocycles. The van der Waals surface area contributed by atoms with Crippen LogP contribution < -0.4 is 5.32 Å². The lowest BCUT2D eigenvalue weighted by atomic mass is 10.0. The quantitative estimate of drug-likeness (QED) is 0.874. The Labute approximate surface area is 92.7 Å². The predicted octanol–water partition coefficient (Wildman–Crippen LogP) is 3.61. The number of halogens is 1. The molecule has 1 rings (SSSR count). The normalized spacial score (nSPS) is 15.7. The SMILES string of the molecule is CNC(C)CC(C)c1sccc1Br. The molecular formula is C10H16BrNS. The van der Waals surface area contributed by atoms with E-state index in [-0.39, 0.29) is 0 Å². The summed E-state index contributed by atoms with van der Waals surface area (Å²) in [5, 5.41) is 5.41. The summed E-state index contributed by atoms with van der Waals surface area (Å²) in [6.07, 6.45) is 1.19. The molecule has 2 atom stereocenters. The van der Waals surface area contributed by atoms with Crippen molar-refractivity contribution in [1.29, 1.82) is 0 Å². The molecule has 2 unspecified atom stereocenters. The minimum atomic E-state index is 0.587. The van der Waals surface area contributed by atoms with Gasteiger partial charge in [0.2, 0.25) is 0 Å². The maximum atomic E-state index is 3.57. The van der Waals surface area contributed by atoms with Crippen LogP contribution in [0, 0.1) is 0 Å². The van der Waals surface area contributed by atoms with Crippen molar-refractivity contribution in [3.63, 3.8) is 0 Å². The van der Waals surface area contributed by atoms with Gasteiger partial charge in [-0.15, -0.1) is 11.3 Å². The molecular weight excluding hydrogens is 246 g/mol. The van der Waals surface area contributed by atoms with Crippen molar-refractivity contribution in [3.8, 4) is 0 Å². The van der Waals surface area contributed by atoms with E-state index in [4.69, 9.17) is 0 Å². The minimum absolute atomic E-state index is 0.587. The maximum absolute atomic E-state index is 3.57. The molecule has 1 aromatic rings. The van der Waals surface area contributed by atoms with Gasteiger partial charge in [0.1, 0.15) is 0 Å². The van der Waals surface area contributed by atoms with Gasteiger partial charge in [-0.1, -0.05) is 6.92 Å². The van der Waals surface area contributed by atoms with Crippen LogP contribution in [0.5, 0.6) is 0 Å².